The predicted octanol–water partition coefficient (Wildman–Crippen LogP) is 3.59. The van der Waals surface area contributed by atoms with Crippen LogP contribution in [0.1, 0.15) is 28.9 Å². The third-order valence-electron chi connectivity index (χ3n) is 3.77. The van der Waals surface area contributed by atoms with E-state index in [0.717, 1.165) is 47.1 Å². The third kappa shape index (κ3) is 2.83. The standard InChI is InChI=1S/C14H20N2OS3/c1-18-13-10(15)12(11(17)9-3-4-9)20-14(13)16-5-2-7-19-8-6-16/h9H,2-8,15H2,1H3. The summed E-state index contributed by atoms with van der Waals surface area (Å²) in [5, 5.41) is 1.22. The maximum atomic E-state index is 12.4. The molecule has 1 aromatic heterocycles. The van der Waals surface area contributed by atoms with Crippen molar-refractivity contribution in [1.82, 2.24) is 0 Å². The zero-order valence-corrected chi connectivity index (χ0v) is 14.1. The average Bonchev–Trinajstić information content (AvgIpc) is 3.25. The summed E-state index contributed by atoms with van der Waals surface area (Å²) in [7, 11) is 0. The number of nitrogen functional groups attached to an aromatic ring is 1. The fourth-order valence-corrected chi connectivity index (χ4v) is 5.62. The zero-order chi connectivity index (χ0) is 14.1. The van der Waals surface area contributed by atoms with Gasteiger partial charge in [0.15, 0.2) is 5.78 Å². The summed E-state index contributed by atoms with van der Waals surface area (Å²) in [6.07, 6.45) is 5.35. The molecule has 2 heterocycles. The number of ketones is 1. The number of nitrogens with zero attached hydrogens (tertiary/aromatic N) is 1. The van der Waals surface area contributed by atoms with E-state index in [0.29, 0.717) is 0 Å². The van der Waals surface area contributed by atoms with Crippen molar-refractivity contribution in [2.24, 2.45) is 5.92 Å². The Morgan fingerprint density at radius 2 is 2.15 bits per heavy atom. The second-order valence-corrected chi connectivity index (χ2v) is 8.32. The molecule has 3 rings (SSSR count). The molecule has 110 valence electrons. The number of carbonyl (C=O) groups excluding carboxylic acids is 1. The van der Waals surface area contributed by atoms with Gasteiger partial charge in [0, 0.05) is 24.8 Å². The Morgan fingerprint density at radius 1 is 1.35 bits per heavy atom. The number of hydrogen-bond donors (Lipinski definition) is 1. The molecule has 2 N–H and O–H groups in total. The Balaban J connectivity index is 1.92. The van der Waals surface area contributed by atoms with Gasteiger partial charge in [0.05, 0.1) is 15.5 Å². The smallest absolute Gasteiger partial charge is 0.178 e. The van der Waals surface area contributed by atoms with Crippen LogP contribution in [0.15, 0.2) is 4.90 Å². The van der Waals surface area contributed by atoms with Crippen LogP contribution in [0.3, 0.4) is 0 Å². The van der Waals surface area contributed by atoms with E-state index in [1.54, 1.807) is 23.1 Å². The highest BCUT2D eigenvalue weighted by atomic mass is 32.2. The Kier molecular flexibility index (Phi) is 4.52. The molecule has 0 spiro atoms. The lowest BCUT2D eigenvalue weighted by atomic mass is 10.2. The second kappa shape index (κ2) is 6.20. The van der Waals surface area contributed by atoms with Gasteiger partial charge in [-0.2, -0.15) is 11.8 Å². The topological polar surface area (TPSA) is 46.3 Å². The number of rotatable bonds is 4. The molecule has 1 saturated heterocycles. The first-order valence-corrected chi connectivity index (χ1v) is 10.2. The quantitative estimate of drug-likeness (QED) is 0.676. The molecular formula is C14H20N2OS3. The summed E-state index contributed by atoms with van der Waals surface area (Å²) in [5.74, 6) is 2.92. The Morgan fingerprint density at radius 3 is 2.85 bits per heavy atom. The molecule has 0 amide bonds. The first-order chi connectivity index (χ1) is 9.72. The molecular weight excluding hydrogens is 308 g/mol. The van der Waals surface area contributed by atoms with Crippen LogP contribution in [-0.2, 0) is 0 Å². The highest BCUT2D eigenvalue weighted by Crippen LogP contribution is 2.47. The van der Waals surface area contributed by atoms with Crippen molar-refractivity contribution >= 4 is 51.3 Å². The van der Waals surface area contributed by atoms with Crippen LogP contribution in [0.25, 0.3) is 0 Å². The van der Waals surface area contributed by atoms with Crippen LogP contribution < -0.4 is 10.6 Å². The van der Waals surface area contributed by atoms with Crippen LogP contribution in [0.5, 0.6) is 0 Å². The number of hydrogen-bond acceptors (Lipinski definition) is 6. The summed E-state index contributed by atoms with van der Waals surface area (Å²) in [6, 6.07) is 0. The maximum Gasteiger partial charge on any atom is 0.178 e. The lowest BCUT2D eigenvalue weighted by molar-refractivity contribution is 0.0972. The molecule has 1 aromatic rings. The minimum Gasteiger partial charge on any atom is -0.396 e. The van der Waals surface area contributed by atoms with Crippen molar-refractivity contribution in [3.63, 3.8) is 0 Å². The number of Topliss-reactive ketones (excluding diaryl/α,β-unsaturated/α-hetero) is 1. The second-order valence-electron chi connectivity index (χ2n) is 5.27. The van der Waals surface area contributed by atoms with Gasteiger partial charge < -0.3 is 10.6 Å². The summed E-state index contributed by atoms with van der Waals surface area (Å²) in [5.41, 5.74) is 6.99. The van der Waals surface area contributed by atoms with Crippen molar-refractivity contribution in [2.45, 2.75) is 24.2 Å². The fraction of sp³-hybridized carbons (Fsp3) is 0.643. The van der Waals surface area contributed by atoms with Gasteiger partial charge >= 0.3 is 0 Å². The van der Waals surface area contributed by atoms with Gasteiger partial charge in [-0.15, -0.1) is 23.1 Å². The Bertz CT molecular complexity index is 503. The van der Waals surface area contributed by atoms with Crippen molar-refractivity contribution in [2.75, 3.05) is 41.5 Å². The van der Waals surface area contributed by atoms with Gasteiger partial charge in [0.2, 0.25) is 0 Å². The van der Waals surface area contributed by atoms with Gasteiger partial charge in [-0.25, -0.2) is 0 Å². The lowest BCUT2D eigenvalue weighted by Gasteiger charge is -2.21. The van der Waals surface area contributed by atoms with E-state index in [-0.39, 0.29) is 11.7 Å². The summed E-state index contributed by atoms with van der Waals surface area (Å²) >= 11 is 5.32. The first-order valence-electron chi connectivity index (χ1n) is 7.05. The van der Waals surface area contributed by atoms with E-state index in [9.17, 15) is 4.79 Å². The van der Waals surface area contributed by atoms with E-state index < -0.39 is 0 Å². The van der Waals surface area contributed by atoms with Crippen LogP contribution in [0, 0.1) is 5.92 Å². The molecule has 0 atom stereocenters. The highest BCUT2D eigenvalue weighted by molar-refractivity contribution is 7.99. The van der Waals surface area contributed by atoms with Crippen molar-refractivity contribution in [3.05, 3.63) is 4.88 Å². The van der Waals surface area contributed by atoms with Crippen LogP contribution >= 0.6 is 34.9 Å². The largest absolute Gasteiger partial charge is 0.396 e. The summed E-state index contributed by atoms with van der Waals surface area (Å²) in [4.78, 5) is 16.7. The SMILES string of the molecule is CSc1c(N2CCCSCC2)sc(C(=O)C2CC2)c1N. The monoisotopic (exact) mass is 328 g/mol. The van der Waals surface area contributed by atoms with Crippen molar-refractivity contribution in [1.29, 1.82) is 0 Å². The number of nitrogens with two attached hydrogens (primary N) is 1. The molecule has 0 radical (unpaired) electrons. The van der Waals surface area contributed by atoms with E-state index in [1.165, 1.54) is 17.2 Å². The molecule has 0 unspecified atom stereocenters. The van der Waals surface area contributed by atoms with E-state index in [4.69, 9.17) is 5.73 Å². The number of carbonyl (C=O) groups is 1. The third-order valence-corrected chi connectivity index (χ3v) is 7.05. The molecule has 6 heteroatoms. The predicted molar refractivity (Wildman–Crippen MR) is 91.7 cm³/mol. The molecule has 0 bridgehead atoms. The summed E-state index contributed by atoms with van der Waals surface area (Å²) < 4.78 is 0. The van der Waals surface area contributed by atoms with Crippen LogP contribution in [0.4, 0.5) is 10.7 Å². The fourth-order valence-electron chi connectivity index (χ4n) is 2.48. The molecule has 20 heavy (non-hydrogen) atoms. The average molecular weight is 329 g/mol. The summed E-state index contributed by atoms with van der Waals surface area (Å²) in [6.45, 7) is 2.15. The minimum absolute atomic E-state index is 0.248. The van der Waals surface area contributed by atoms with E-state index >= 15 is 0 Å². The molecule has 3 nitrogen and oxygen atoms in total. The number of thioether (sulfide) groups is 2. The normalized spacial score (nSPS) is 19.9. The highest BCUT2D eigenvalue weighted by Gasteiger charge is 2.34. The lowest BCUT2D eigenvalue weighted by Crippen LogP contribution is -2.24. The number of anilines is 2. The van der Waals surface area contributed by atoms with Crippen LogP contribution in [-0.4, -0.2) is 36.6 Å². The maximum absolute atomic E-state index is 12.4. The molecule has 2 aliphatic rings. The van der Waals surface area contributed by atoms with E-state index in [2.05, 4.69) is 11.2 Å². The van der Waals surface area contributed by atoms with Crippen molar-refractivity contribution < 1.29 is 4.79 Å². The van der Waals surface area contributed by atoms with Gasteiger partial charge in [-0.1, -0.05) is 0 Å². The van der Waals surface area contributed by atoms with Gasteiger partial charge in [-0.3, -0.25) is 4.79 Å². The molecule has 1 aliphatic heterocycles. The zero-order valence-electron chi connectivity index (χ0n) is 11.7. The molecule has 0 aromatic carbocycles. The Labute approximate surface area is 132 Å². The minimum atomic E-state index is 0.248. The van der Waals surface area contributed by atoms with E-state index in [1.807, 2.05) is 11.8 Å². The number of thiophene rings is 1. The molecule has 1 aliphatic carbocycles. The van der Waals surface area contributed by atoms with Gasteiger partial charge in [0.1, 0.15) is 5.00 Å². The first kappa shape index (κ1) is 14.6. The van der Waals surface area contributed by atoms with Crippen molar-refractivity contribution in [3.8, 4) is 0 Å². The Hall–Kier alpha value is -0.330. The van der Waals surface area contributed by atoms with Crippen LogP contribution in [0.2, 0.25) is 0 Å². The molecule has 1 saturated carbocycles. The van der Waals surface area contributed by atoms with Gasteiger partial charge in [0.25, 0.3) is 0 Å². The molecule has 2 fully saturated rings. The van der Waals surface area contributed by atoms with Gasteiger partial charge in [-0.05, 0) is 31.3 Å².